The lowest BCUT2D eigenvalue weighted by atomic mass is 10.2. The standard InChI is InChI=1S/C11H12N4O2S/c1-2-6-12-11(18)14-13-8-9-4-3-5-10(7-9)15(16)17/h2-5,7-8H,1,6H2,(H2,12,14,18)/b13-8-. The Balaban J connectivity index is 2.56. The van der Waals surface area contributed by atoms with Crippen LogP contribution in [0.5, 0.6) is 0 Å². The van der Waals surface area contributed by atoms with Crippen molar-refractivity contribution in [2.45, 2.75) is 0 Å². The Morgan fingerprint density at radius 1 is 1.61 bits per heavy atom. The lowest BCUT2D eigenvalue weighted by Gasteiger charge is -2.02. The van der Waals surface area contributed by atoms with Gasteiger partial charge in [-0.3, -0.25) is 15.5 Å². The Labute approximate surface area is 110 Å². The summed E-state index contributed by atoms with van der Waals surface area (Å²) in [5, 5.41) is 17.6. The molecule has 0 heterocycles. The van der Waals surface area contributed by atoms with Crippen molar-refractivity contribution in [2.75, 3.05) is 6.54 Å². The zero-order valence-electron chi connectivity index (χ0n) is 9.50. The largest absolute Gasteiger partial charge is 0.358 e. The molecule has 0 fully saturated rings. The van der Waals surface area contributed by atoms with Crippen molar-refractivity contribution in [2.24, 2.45) is 5.10 Å². The van der Waals surface area contributed by atoms with E-state index in [1.165, 1.54) is 18.3 Å². The predicted molar refractivity (Wildman–Crippen MR) is 74.6 cm³/mol. The fourth-order valence-electron chi connectivity index (χ4n) is 1.09. The number of rotatable bonds is 5. The maximum absolute atomic E-state index is 10.6. The minimum absolute atomic E-state index is 0.0197. The molecule has 6 nitrogen and oxygen atoms in total. The molecule has 0 spiro atoms. The molecular formula is C11H12N4O2S. The number of nitrogens with one attached hydrogen (secondary N) is 2. The minimum atomic E-state index is -0.457. The van der Waals surface area contributed by atoms with Crippen molar-refractivity contribution < 1.29 is 4.92 Å². The molecule has 0 amide bonds. The molecular weight excluding hydrogens is 252 g/mol. The second kappa shape index (κ2) is 7.13. The molecule has 0 aliphatic carbocycles. The fourth-order valence-corrected chi connectivity index (χ4v) is 1.22. The summed E-state index contributed by atoms with van der Waals surface area (Å²) < 4.78 is 0. The van der Waals surface area contributed by atoms with Crippen molar-refractivity contribution in [3.63, 3.8) is 0 Å². The number of hydrogen-bond acceptors (Lipinski definition) is 4. The summed E-state index contributed by atoms with van der Waals surface area (Å²) in [6.45, 7) is 4.07. The van der Waals surface area contributed by atoms with E-state index >= 15 is 0 Å². The van der Waals surface area contributed by atoms with Crippen LogP contribution in [0.4, 0.5) is 5.69 Å². The van der Waals surface area contributed by atoms with Crippen LogP contribution in [-0.4, -0.2) is 22.8 Å². The van der Waals surface area contributed by atoms with E-state index in [4.69, 9.17) is 12.2 Å². The molecule has 7 heteroatoms. The molecule has 0 atom stereocenters. The van der Waals surface area contributed by atoms with Crippen LogP contribution in [0.15, 0.2) is 42.0 Å². The normalized spacial score (nSPS) is 10.0. The first-order valence-corrected chi connectivity index (χ1v) is 5.46. The highest BCUT2D eigenvalue weighted by atomic mass is 32.1. The van der Waals surface area contributed by atoms with Crippen LogP contribution >= 0.6 is 12.2 Å². The lowest BCUT2D eigenvalue weighted by molar-refractivity contribution is -0.384. The van der Waals surface area contributed by atoms with Gasteiger partial charge in [-0.05, 0) is 12.2 Å². The summed E-state index contributed by atoms with van der Waals surface area (Å²) in [7, 11) is 0. The first-order valence-electron chi connectivity index (χ1n) is 5.05. The SMILES string of the molecule is C=CCNC(=S)N/N=C\c1cccc([N+](=O)[O-])c1. The molecule has 0 aliphatic rings. The van der Waals surface area contributed by atoms with Crippen molar-refractivity contribution in [1.82, 2.24) is 10.7 Å². The maximum atomic E-state index is 10.6. The Hall–Kier alpha value is -2.28. The lowest BCUT2D eigenvalue weighted by Crippen LogP contribution is -2.31. The van der Waals surface area contributed by atoms with E-state index < -0.39 is 4.92 Å². The van der Waals surface area contributed by atoms with Gasteiger partial charge in [-0.25, -0.2) is 0 Å². The van der Waals surface area contributed by atoms with Crippen LogP contribution in [0.1, 0.15) is 5.56 Å². The van der Waals surface area contributed by atoms with Crippen LogP contribution in [0.2, 0.25) is 0 Å². The monoisotopic (exact) mass is 264 g/mol. The third-order valence-electron chi connectivity index (χ3n) is 1.87. The van der Waals surface area contributed by atoms with Crippen LogP contribution in [0.25, 0.3) is 0 Å². The number of thiocarbonyl (C=S) groups is 1. The molecule has 0 radical (unpaired) electrons. The van der Waals surface area contributed by atoms with Gasteiger partial charge in [-0.15, -0.1) is 6.58 Å². The molecule has 0 aliphatic heterocycles. The molecule has 2 N–H and O–H groups in total. The minimum Gasteiger partial charge on any atom is -0.358 e. The van der Waals surface area contributed by atoms with Crippen LogP contribution in [-0.2, 0) is 0 Å². The van der Waals surface area contributed by atoms with E-state index in [0.717, 1.165) is 0 Å². The van der Waals surface area contributed by atoms with Gasteiger partial charge in [0.2, 0.25) is 0 Å². The number of nitro benzene ring substituents is 1. The predicted octanol–water partition coefficient (Wildman–Crippen LogP) is 1.58. The van der Waals surface area contributed by atoms with Crippen LogP contribution < -0.4 is 10.7 Å². The Kier molecular flexibility index (Phi) is 5.46. The van der Waals surface area contributed by atoms with Gasteiger partial charge in [0.1, 0.15) is 0 Å². The second-order valence-corrected chi connectivity index (χ2v) is 3.63. The summed E-state index contributed by atoms with van der Waals surface area (Å²) in [4.78, 5) is 10.1. The van der Waals surface area contributed by atoms with Gasteiger partial charge < -0.3 is 5.32 Å². The highest BCUT2D eigenvalue weighted by Crippen LogP contribution is 2.11. The highest BCUT2D eigenvalue weighted by Gasteiger charge is 2.03. The third kappa shape index (κ3) is 4.71. The van der Waals surface area contributed by atoms with E-state index in [2.05, 4.69) is 22.4 Å². The molecule has 0 saturated carbocycles. The van der Waals surface area contributed by atoms with Crippen molar-refractivity contribution in [3.05, 3.63) is 52.6 Å². The quantitative estimate of drug-likeness (QED) is 0.277. The van der Waals surface area contributed by atoms with E-state index in [1.807, 2.05) is 0 Å². The average molecular weight is 264 g/mol. The van der Waals surface area contributed by atoms with E-state index in [1.54, 1.807) is 18.2 Å². The second-order valence-electron chi connectivity index (χ2n) is 3.22. The Morgan fingerprint density at radius 2 is 2.39 bits per heavy atom. The van der Waals surface area contributed by atoms with E-state index in [-0.39, 0.29) is 5.69 Å². The van der Waals surface area contributed by atoms with Crippen molar-refractivity contribution >= 4 is 29.2 Å². The van der Waals surface area contributed by atoms with Gasteiger partial charge in [0.25, 0.3) is 5.69 Å². The molecule has 0 saturated heterocycles. The summed E-state index contributed by atoms with van der Waals surface area (Å²) in [5.41, 5.74) is 3.22. The smallest absolute Gasteiger partial charge is 0.270 e. The van der Waals surface area contributed by atoms with Crippen molar-refractivity contribution in [1.29, 1.82) is 0 Å². The highest BCUT2D eigenvalue weighted by molar-refractivity contribution is 7.80. The van der Waals surface area contributed by atoms with Crippen molar-refractivity contribution in [3.8, 4) is 0 Å². The Bertz CT molecular complexity index is 488. The van der Waals surface area contributed by atoms with Crippen LogP contribution in [0.3, 0.4) is 0 Å². The molecule has 1 aromatic rings. The summed E-state index contributed by atoms with van der Waals surface area (Å²) in [5.74, 6) is 0. The van der Waals surface area contributed by atoms with Gasteiger partial charge >= 0.3 is 0 Å². The van der Waals surface area contributed by atoms with Gasteiger partial charge in [0.15, 0.2) is 5.11 Å². The molecule has 0 aromatic heterocycles. The number of non-ortho nitro benzene ring substituents is 1. The number of hydrogen-bond donors (Lipinski definition) is 2. The summed E-state index contributed by atoms with van der Waals surface area (Å²) >= 11 is 4.91. The number of hydrazone groups is 1. The number of benzene rings is 1. The van der Waals surface area contributed by atoms with E-state index in [9.17, 15) is 10.1 Å². The molecule has 1 rings (SSSR count). The topological polar surface area (TPSA) is 79.6 Å². The van der Waals surface area contributed by atoms with Crippen LogP contribution in [0, 0.1) is 10.1 Å². The number of nitrogens with zero attached hydrogens (tertiary/aromatic N) is 2. The fraction of sp³-hybridized carbons (Fsp3) is 0.0909. The average Bonchev–Trinajstić information content (AvgIpc) is 2.36. The Morgan fingerprint density at radius 3 is 3.06 bits per heavy atom. The van der Waals surface area contributed by atoms with Gasteiger partial charge in [-0.2, -0.15) is 5.10 Å². The third-order valence-corrected chi connectivity index (χ3v) is 2.10. The molecule has 1 aromatic carbocycles. The summed E-state index contributed by atoms with van der Waals surface area (Å²) in [6, 6.07) is 6.14. The maximum Gasteiger partial charge on any atom is 0.270 e. The van der Waals surface area contributed by atoms with Gasteiger partial charge in [0, 0.05) is 24.2 Å². The first-order chi connectivity index (χ1) is 8.63. The molecule has 0 unspecified atom stereocenters. The zero-order valence-corrected chi connectivity index (χ0v) is 10.3. The zero-order chi connectivity index (χ0) is 13.4. The van der Waals surface area contributed by atoms with Gasteiger partial charge in [-0.1, -0.05) is 18.2 Å². The molecule has 18 heavy (non-hydrogen) atoms. The van der Waals surface area contributed by atoms with Gasteiger partial charge in [0.05, 0.1) is 11.1 Å². The molecule has 94 valence electrons. The van der Waals surface area contributed by atoms with E-state index in [0.29, 0.717) is 17.2 Å². The summed E-state index contributed by atoms with van der Waals surface area (Å²) in [6.07, 6.45) is 3.12. The first kappa shape index (κ1) is 13.8. The molecule has 0 bridgehead atoms. The number of nitro groups is 1.